The molecule has 0 unspecified atom stereocenters. The molecule has 0 fully saturated rings. The summed E-state index contributed by atoms with van der Waals surface area (Å²) in [5, 5.41) is 0. The number of rotatable bonds is 2. The Morgan fingerprint density at radius 1 is 1.35 bits per heavy atom. The maximum atomic E-state index is 11.2. The average Bonchev–Trinajstić information content (AvgIpc) is 2.27. The molecule has 0 heterocycles. The average molecular weight is 232 g/mol. The number of aryl methyl sites for hydroxylation is 2. The van der Waals surface area contributed by atoms with Gasteiger partial charge in [-0.1, -0.05) is 12.0 Å². The highest BCUT2D eigenvalue weighted by Gasteiger charge is 2.05. The normalized spacial score (nSPS) is 9.18. The molecule has 1 aromatic rings. The van der Waals surface area contributed by atoms with Crippen molar-refractivity contribution in [1.82, 2.24) is 0 Å². The second-order valence-electron chi connectivity index (χ2n) is 3.63. The van der Waals surface area contributed by atoms with E-state index in [1.54, 1.807) is 14.0 Å². The van der Waals surface area contributed by atoms with Crippen LogP contribution in [-0.2, 0) is 9.53 Å². The van der Waals surface area contributed by atoms with Gasteiger partial charge in [0, 0.05) is 5.92 Å². The van der Waals surface area contributed by atoms with Crippen LogP contribution in [0.4, 0.5) is 0 Å². The molecule has 0 saturated carbocycles. The van der Waals surface area contributed by atoms with Gasteiger partial charge in [-0.2, -0.15) is 0 Å². The Bertz CT molecular complexity index is 478. The molecular weight excluding hydrogens is 216 g/mol. The summed E-state index contributed by atoms with van der Waals surface area (Å²) in [5.41, 5.74) is 2.81. The highest BCUT2D eigenvalue weighted by molar-refractivity contribution is 5.89. The van der Waals surface area contributed by atoms with Crippen LogP contribution in [0.25, 0.3) is 0 Å². The molecule has 0 aliphatic heterocycles. The number of hydrogen-bond acceptors (Lipinski definition) is 3. The van der Waals surface area contributed by atoms with Crippen LogP contribution < -0.4 is 4.74 Å². The van der Waals surface area contributed by atoms with E-state index in [-0.39, 0.29) is 0 Å². The Balaban J connectivity index is 3.09. The molecule has 0 aliphatic carbocycles. The van der Waals surface area contributed by atoms with Crippen molar-refractivity contribution >= 4 is 5.97 Å². The summed E-state index contributed by atoms with van der Waals surface area (Å²) in [5.74, 6) is 5.40. The molecule has 90 valence electrons. The van der Waals surface area contributed by atoms with Gasteiger partial charge in [-0.15, -0.1) is 0 Å². The SMILES string of the molecule is CCOC(=O)C#Cc1c(C)cc(C)cc1OC. The largest absolute Gasteiger partial charge is 0.495 e. The zero-order chi connectivity index (χ0) is 12.8. The molecule has 0 bridgehead atoms. The molecule has 0 radical (unpaired) electrons. The lowest BCUT2D eigenvalue weighted by Gasteiger charge is -2.07. The summed E-state index contributed by atoms with van der Waals surface area (Å²) in [6, 6.07) is 3.89. The topological polar surface area (TPSA) is 35.5 Å². The molecule has 0 atom stereocenters. The smallest absolute Gasteiger partial charge is 0.384 e. The van der Waals surface area contributed by atoms with Gasteiger partial charge in [0.25, 0.3) is 0 Å². The maximum absolute atomic E-state index is 11.2. The fraction of sp³-hybridized carbons (Fsp3) is 0.357. The van der Waals surface area contributed by atoms with Gasteiger partial charge in [0.15, 0.2) is 0 Å². The molecule has 0 spiro atoms. The van der Waals surface area contributed by atoms with Crippen molar-refractivity contribution in [3.05, 3.63) is 28.8 Å². The summed E-state index contributed by atoms with van der Waals surface area (Å²) in [7, 11) is 1.59. The van der Waals surface area contributed by atoms with Crippen LogP contribution in [0.1, 0.15) is 23.6 Å². The van der Waals surface area contributed by atoms with Crippen LogP contribution in [0.5, 0.6) is 5.75 Å². The number of ether oxygens (including phenoxy) is 2. The zero-order valence-electron chi connectivity index (χ0n) is 10.6. The number of hydrogen-bond donors (Lipinski definition) is 0. The van der Waals surface area contributed by atoms with Crippen LogP contribution in [0.3, 0.4) is 0 Å². The Labute approximate surface area is 102 Å². The van der Waals surface area contributed by atoms with Gasteiger partial charge < -0.3 is 9.47 Å². The van der Waals surface area contributed by atoms with Gasteiger partial charge in [0.05, 0.1) is 19.3 Å². The van der Waals surface area contributed by atoms with E-state index in [1.807, 2.05) is 26.0 Å². The molecule has 0 aliphatic rings. The molecule has 0 saturated heterocycles. The van der Waals surface area contributed by atoms with E-state index in [1.165, 1.54) is 0 Å². The van der Waals surface area contributed by atoms with E-state index in [9.17, 15) is 4.79 Å². The Morgan fingerprint density at radius 3 is 2.65 bits per heavy atom. The van der Waals surface area contributed by atoms with Crippen molar-refractivity contribution in [2.45, 2.75) is 20.8 Å². The van der Waals surface area contributed by atoms with E-state index in [2.05, 4.69) is 11.8 Å². The first kappa shape index (κ1) is 13.1. The standard InChI is InChI=1S/C14H16O3/c1-5-17-14(15)7-6-12-11(3)8-10(2)9-13(12)16-4/h8-9H,5H2,1-4H3. The fourth-order valence-corrected chi connectivity index (χ4v) is 1.53. The Hall–Kier alpha value is -1.95. The summed E-state index contributed by atoms with van der Waals surface area (Å²) in [6.45, 7) is 6.00. The van der Waals surface area contributed by atoms with E-state index < -0.39 is 5.97 Å². The molecular formula is C14H16O3. The first-order valence-electron chi connectivity index (χ1n) is 5.42. The third-order valence-corrected chi connectivity index (χ3v) is 2.23. The highest BCUT2D eigenvalue weighted by Crippen LogP contribution is 2.22. The number of methoxy groups -OCH3 is 1. The molecule has 3 heteroatoms. The van der Waals surface area contributed by atoms with E-state index >= 15 is 0 Å². The van der Waals surface area contributed by atoms with Gasteiger partial charge >= 0.3 is 5.97 Å². The first-order valence-corrected chi connectivity index (χ1v) is 5.42. The monoisotopic (exact) mass is 232 g/mol. The van der Waals surface area contributed by atoms with Crippen LogP contribution in [0.2, 0.25) is 0 Å². The van der Waals surface area contributed by atoms with Crippen molar-refractivity contribution < 1.29 is 14.3 Å². The molecule has 17 heavy (non-hydrogen) atoms. The van der Waals surface area contributed by atoms with E-state index in [4.69, 9.17) is 9.47 Å². The van der Waals surface area contributed by atoms with Crippen molar-refractivity contribution in [2.24, 2.45) is 0 Å². The fourth-order valence-electron chi connectivity index (χ4n) is 1.53. The number of carbonyl (C=O) groups excluding carboxylic acids is 1. The minimum absolute atomic E-state index is 0.331. The predicted octanol–water partition coefficient (Wildman–Crippen LogP) is 2.23. The lowest BCUT2D eigenvalue weighted by Crippen LogP contribution is -2.00. The minimum Gasteiger partial charge on any atom is -0.495 e. The Morgan fingerprint density at radius 2 is 2.06 bits per heavy atom. The summed E-state index contributed by atoms with van der Waals surface area (Å²) in [4.78, 5) is 11.2. The second-order valence-corrected chi connectivity index (χ2v) is 3.63. The van der Waals surface area contributed by atoms with Crippen molar-refractivity contribution in [3.63, 3.8) is 0 Å². The van der Waals surface area contributed by atoms with Gasteiger partial charge in [-0.05, 0) is 38.0 Å². The van der Waals surface area contributed by atoms with Crippen molar-refractivity contribution in [1.29, 1.82) is 0 Å². The van der Waals surface area contributed by atoms with Gasteiger partial charge in [0.2, 0.25) is 0 Å². The van der Waals surface area contributed by atoms with Gasteiger partial charge in [0.1, 0.15) is 5.75 Å². The van der Waals surface area contributed by atoms with Gasteiger partial charge in [-0.25, -0.2) is 4.79 Å². The summed E-state index contributed by atoms with van der Waals surface area (Å²) in [6.07, 6.45) is 0. The molecule has 3 nitrogen and oxygen atoms in total. The second kappa shape index (κ2) is 5.95. The van der Waals surface area contributed by atoms with Crippen LogP contribution in [-0.4, -0.2) is 19.7 Å². The van der Waals surface area contributed by atoms with E-state index in [0.717, 1.165) is 16.7 Å². The lowest BCUT2D eigenvalue weighted by molar-refractivity contribution is -0.136. The van der Waals surface area contributed by atoms with Gasteiger partial charge in [-0.3, -0.25) is 0 Å². The Kier molecular flexibility index (Phi) is 4.59. The zero-order valence-corrected chi connectivity index (χ0v) is 10.6. The minimum atomic E-state index is -0.519. The molecule has 0 aromatic heterocycles. The lowest BCUT2D eigenvalue weighted by atomic mass is 10.0. The predicted molar refractivity (Wildman–Crippen MR) is 66.0 cm³/mol. The third-order valence-electron chi connectivity index (χ3n) is 2.23. The summed E-state index contributed by atoms with van der Waals surface area (Å²) < 4.78 is 9.99. The molecule has 0 N–H and O–H groups in total. The summed E-state index contributed by atoms with van der Waals surface area (Å²) >= 11 is 0. The van der Waals surface area contributed by atoms with Crippen molar-refractivity contribution in [2.75, 3.05) is 13.7 Å². The van der Waals surface area contributed by atoms with Crippen molar-refractivity contribution in [3.8, 4) is 17.6 Å². The van der Waals surface area contributed by atoms with Crippen LogP contribution in [0.15, 0.2) is 12.1 Å². The number of esters is 1. The molecule has 1 rings (SSSR count). The highest BCUT2D eigenvalue weighted by atomic mass is 16.5. The quantitative estimate of drug-likeness (QED) is 0.579. The molecule has 0 amide bonds. The number of benzene rings is 1. The maximum Gasteiger partial charge on any atom is 0.384 e. The molecule has 1 aromatic carbocycles. The van der Waals surface area contributed by atoms with Crippen LogP contribution in [0, 0.1) is 25.7 Å². The van der Waals surface area contributed by atoms with E-state index in [0.29, 0.717) is 12.4 Å². The number of carbonyl (C=O) groups is 1. The third kappa shape index (κ3) is 3.53. The first-order chi connectivity index (χ1) is 8.08. The van der Waals surface area contributed by atoms with Crippen LogP contribution >= 0.6 is 0 Å².